The number of nitrogens with one attached hydrogen (secondary N) is 1. The highest BCUT2D eigenvalue weighted by Crippen LogP contribution is 2.51. The summed E-state index contributed by atoms with van der Waals surface area (Å²) in [5, 5.41) is 2.21. The first-order chi connectivity index (χ1) is 18.2. The summed E-state index contributed by atoms with van der Waals surface area (Å²) in [6.07, 6.45) is -5.27. The molecular formula is C28H28ClF3N2O5. The van der Waals surface area contributed by atoms with Crippen molar-refractivity contribution < 1.29 is 37.0 Å². The standard InChI is InChI=1S/C28H28ClF3N2O5/c1-26(2)14-19-23(20(35)15-26)27(28(30,31)32,33-24(36)17-6-8-18(29)9-7-17)25(37)34(19)12-11-16-5-10-21(38-3)22(13-16)39-4/h5-10,13H,11-12,14-15H2,1-4H3,(H,33,36)/t27-/m0/s1. The molecule has 39 heavy (non-hydrogen) atoms. The average Bonchev–Trinajstić information content (AvgIpc) is 3.09. The quantitative estimate of drug-likeness (QED) is 0.505. The summed E-state index contributed by atoms with van der Waals surface area (Å²) in [6.45, 7) is 3.36. The molecule has 2 aromatic carbocycles. The van der Waals surface area contributed by atoms with Crippen LogP contribution in [0.2, 0.25) is 5.02 Å². The van der Waals surface area contributed by atoms with E-state index in [2.05, 4.69) is 0 Å². The molecule has 1 N–H and O–H groups in total. The van der Waals surface area contributed by atoms with E-state index in [-0.39, 0.29) is 42.1 Å². The van der Waals surface area contributed by atoms with Gasteiger partial charge in [0.1, 0.15) is 0 Å². The predicted molar refractivity (Wildman–Crippen MR) is 138 cm³/mol. The molecule has 0 bridgehead atoms. The van der Waals surface area contributed by atoms with Gasteiger partial charge in [0.15, 0.2) is 17.3 Å². The number of hydrogen-bond donors (Lipinski definition) is 1. The van der Waals surface area contributed by atoms with Crippen LogP contribution in [0.3, 0.4) is 0 Å². The summed E-state index contributed by atoms with van der Waals surface area (Å²) in [4.78, 5) is 41.1. The molecule has 0 radical (unpaired) electrons. The highest BCUT2D eigenvalue weighted by molar-refractivity contribution is 6.30. The topological polar surface area (TPSA) is 84.9 Å². The molecule has 0 aromatic heterocycles. The molecule has 2 aliphatic rings. The van der Waals surface area contributed by atoms with Crippen LogP contribution in [0.4, 0.5) is 13.2 Å². The lowest BCUT2D eigenvalue weighted by molar-refractivity contribution is -0.190. The molecule has 11 heteroatoms. The third-order valence-electron chi connectivity index (χ3n) is 7.02. The first-order valence-corrected chi connectivity index (χ1v) is 12.6. The zero-order valence-electron chi connectivity index (χ0n) is 21.9. The lowest BCUT2D eigenvalue weighted by Crippen LogP contribution is -2.66. The number of benzene rings is 2. The Balaban J connectivity index is 1.77. The first-order valence-electron chi connectivity index (χ1n) is 12.2. The zero-order valence-corrected chi connectivity index (χ0v) is 22.6. The van der Waals surface area contributed by atoms with Gasteiger partial charge in [-0.3, -0.25) is 14.4 Å². The van der Waals surface area contributed by atoms with E-state index in [9.17, 15) is 27.6 Å². The number of hydrogen-bond acceptors (Lipinski definition) is 5. The molecule has 2 amide bonds. The normalized spacial score (nSPS) is 20.7. The van der Waals surface area contributed by atoms with Crippen molar-refractivity contribution in [2.75, 3.05) is 20.8 Å². The Bertz CT molecular complexity index is 1350. The van der Waals surface area contributed by atoms with Crippen molar-refractivity contribution in [3.05, 3.63) is 69.9 Å². The number of amides is 2. The number of ether oxygens (including phenoxy) is 2. The first kappa shape index (κ1) is 28.5. The van der Waals surface area contributed by atoms with Crippen molar-refractivity contribution in [2.45, 2.75) is 44.8 Å². The van der Waals surface area contributed by atoms with Crippen LogP contribution < -0.4 is 14.8 Å². The number of carbonyl (C=O) groups excluding carboxylic acids is 3. The van der Waals surface area contributed by atoms with Gasteiger partial charge in [-0.05, 0) is 60.2 Å². The summed E-state index contributed by atoms with van der Waals surface area (Å²) in [5.41, 5.74) is -4.38. The van der Waals surface area contributed by atoms with Gasteiger partial charge < -0.3 is 19.7 Å². The van der Waals surface area contributed by atoms with Gasteiger partial charge in [0.25, 0.3) is 11.8 Å². The summed E-state index contributed by atoms with van der Waals surface area (Å²) in [6, 6.07) is 10.2. The van der Waals surface area contributed by atoms with E-state index in [1.54, 1.807) is 32.0 Å². The Morgan fingerprint density at radius 2 is 1.67 bits per heavy atom. The number of Topliss-reactive ketones (excluding diaryl/α,β-unsaturated/α-hetero) is 1. The molecule has 208 valence electrons. The summed E-state index contributed by atoms with van der Waals surface area (Å²) in [5.74, 6) is -2.48. The van der Waals surface area contributed by atoms with Gasteiger partial charge in [-0.15, -0.1) is 0 Å². The Morgan fingerprint density at radius 1 is 1.03 bits per heavy atom. The van der Waals surface area contributed by atoms with Crippen molar-refractivity contribution in [1.29, 1.82) is 0 Å². The van der Waals surface area contributed by atoms with E-state index in [4.69, 9.17) is 21.1 Å². The Kier molecular flexibility index (Phi) is 7.46. The lowest BCUT2D eigenvalue weighted by atomic mass is 9.72. The summed E-state index contributed by atoms with van der Waals surface area (Å²) in [7, 11) is 2.94. The smallest absolute Gasteiger partial charge is 0.425 e. The van der Waals surface area contributed by atoms with Crippen molar-refractivity contribution >= 4 is 29.2 Å². The lowest BCUT2D eigenvalue weighted by Gasteiger charge is -2.35. The maximum absolute atomic E-state index is 15.0. The number of alkyl halides is 3. The van der Waals surface area contributed by atoms with Crippen LogP contribution >= 0.6 is 11.6 Å². The van der Waals surface area contributed by atoms with Gasteiger partial charge in [-0.2, -0.15) is 13.2 Å². The van der Waals surface area contributed by atoms with Crippen LogP contribution in [0, 0.1) is 5.41 Å². The van der Waals surface area contributed by atoms with E-state index in [1.165, 1.54) is 38.5 Å². The minimum Gasteiger partial charge on any atom is -0.493 e. The van der Waals surface area contributed by atoms with Crippen molar-refractivity contribution in [1.82, 2.24) is 10.2 Å². The number of carbonyl (C=O) groups is 3. The van der Waals surface area contributed by atoms with Gasteiger partial charge in [-0.25, -0.2) is 0 Å². The minimum atomic E-state index is -5.29. The van der Waals surface area contributed by atoms with Crippen LogP contribution in [0.15, 0.2) is 53.7 Å². The average molecular weight is 565 g/mol. The number of rotatable bonds is 7. The highest BCUT2D eigenvalue weighted by Gasteiger charge is 2.71. The van der Waals surface area contributed by atoms with Crippen molar-refractivity contribution in [2.24, 2.45) is 5.41 Å². The molecule has 7 nitrogen and oxygen atoms in total. The van der Waals surface area contributed by atoms with Crippen LogP contribution in [-0.4, -0.2) is 55.0 Å². The molecule has 0 fully saturated rings. The second kappa shape index (κ2) is 10.2. The second-order valence-electron chi connectivity index (χ2n) is 10.4. The van der Waals surface area contributed by atoms with Gasteiger partial charge in [0, 0.05) is 29.2 Å². The fourth-order valence-electron chi connectivity index (χ4n) is 5.18. The molecule has 0 unspecified atom stereocenters. The number of allylic oxidation sites excluding steroid dienone is 1. The molecule has 4 rings (SSSR count). The monoisotopic (exact) mass is 564 g/mol. The van der Waals surface area contributed by atoms with Crippen LogP contribution in [0.25, 0.3) is 0 Å². The van der Waals surface area contributed by atoms with E-state index < -0.39 is 40.3 Å². The predicted octanol–water partition coefficient (Wildman–Crippen LogP) is 5.12. The van der Waals surface area contributed by atoms with E-state index in [0.29, 0.717) is 17.1 Å². The zero-order chi connectivity index (χ0) is 28.8. The molecule has 1 aliphatic heterocycles. The second-order valence-corrected chi connectivity index (χ2v) is 10.8. The molecule has 0 saturated carbocycles. The van der Waals surface area contributed by atoms with Crippen molar-refractivity contribution in [3.63, 3.8) is 0 Å². The molecule has 2 aromatic rings. The number of methoxy groups -OCH3 is 2. The summed E-state index contributed by atoms with van der Waals surface area (Å²) >= 11 is 5.85. The van der Waals surface area contributed by atoms with E-state index in [1.807, 2.05) is 5.32 Å². The Labute approximate surface area is 228 Å². The molecule has 1 aliphatic carbocycles. The summed E-state index contributed by atoms with van der Waals surface area (Å²) < 4.78 is 55.4. The highest BCUT2D eigenvalue weighted by atomic mass is 35.5. The maximum Gasteiger partial charge on any atom is 0.425 e. The fraction of sp³-hybridized carbons (Fsp3) is 0.393. The number of ketones is 1. The molecule has 0 spiro atoms. The number of halogens is 4. The fourth-order valence-corrected chi connectivity index (χ4v) is 5.31. The van der Waals surface area contributed by atoms with Crippen molar-refractivity contribution in [3.8, 4) is 11.5 Å². The van der Waals surface area contributed by atoms with Gasteiger partial charge >= 0.3 is 6.18 Å². The molecular weight excluding hydrogens is 537 g/mol. The third kappa shape index (κ3) is 5.09. The largest absolute Gasteiger partial charge is 0.493 e. The SMILES string of the molecule is COc1ccc(CCN2C(=O)[C@](NC(=O)c3ccc(Cl)cc3)(C(F)(F)F)C3=C2CC(C)(C)CC3=O)cc1OC. The van der Waals surface area contributed by atoms with Gasteiger partial charge in [0.05, 0.1) is 19.8 Å². The van der Waals surface area contributed by atoms with Gasteiger partial charge in [-0.1, -0.05) is 31.5 Å². The van der Waals surface area contributed by atoms with Crippen LogP contribution in [0.1, 0.15) is 42.6 Å². The number of nitrogens with zero attached hydrogens (tertiary/aromatic N) is 1. The molecule has 1 heterocycles. The molecule has 0 saturated heterocycles. The van der Waals surface area contributed by atoms with E-state index in [0.717, 1.165) is 4.90 Å². The van der Waals surface area contributed by atoms with Crippen LogP contribution in [-0.2, 0) is 16.0 Å². The van der Waals surface area contributed by atoms with Crippen LogP contribution in [0.5, 0.6) is 11.5 Å². The minimum absolute atomic E-state index is 0.0181. The van der Waals surface area contributed by atoms with E-state index >= 15 is 0 Å². The van der Waals surface area contributed by atoms with Gasteiger partial charge in [0.2, 0.25) is 5.54 Å². The molecule has 1 atom stereocenters. The Morgan fingerprint density at radius 3 is 2.26 bits per heavy atom. The maximum atomic E-state index is 15.0. The Hall–Kier alpha value is -3.53. The third-order valence-corrected chi connectivity index (χ3v) is 7.28.